The summed E-state index contributed by atoms with van der Waals surface area (Å²) in [6, 6.07) is 9.00. The Hall–Kier alpha value is -3.57. The normalized spacial score (nSPS) is 19.5. The number of anilines is 2. The molecule has 1 aliphatic heterocycles. The Morgan fingerprint density at radius 2 is 1.79 bits per heavy atom. The zero-order valence-electron chi connectivity index (χ0n) is 24.8. The number of pyridine rings is 1. The summed E-state index contributed by atoms with van der Waals surface area (Å²) in [5.74, 6) is -2.39. The molecule has 1 saturated heterocycles. The summed E-state index contributed by atoms with van der Waals surface area (Å²) < 4.78 is 50.1. The zero-order chi connectivity index (χ0) is 30.8. The van der Waals surface area contributed by atoms with Crippen molar-refractivity contribution in [3.05, 3.63) is 77.9 Å². The highest BCUT2D eigenvalue weighted by molar-refractivity contribution is 6.74. The van der Waals surface area contributed by atoms with Gasteiger partial charge in [0, 0.05) is 37.3 Å². The number of piperidine rings is 1. The molecule has 3 aromatic rings. The molecular weight excluding hydrogens is 561 g/mol. The number of amides is 1. The Morgan fingerprint density at radius 3 is 2.43 bits per heavy atom. The van der Waals surface area contributed by atoms with Crippen LogP contribution in [0.2, 0.25) is 18.1 Å². The SMILES string of the molecule is C[C@H]1CN(c2ccncc2NCc2ccc(F)c(-c3c(F)cccc3F)c2)C[C@@H](NC(=O)O)[C@@H]1O[Si](C)(C)C(C)(C)C. The molecule has 0 radical (unpaired) electrons. The van der Waals surface area contributed by atoms with Gasteiger partial charge in [-0.15, -0.1) is 0 Å². The molecule has 1 aliphatic rings. The van der Waals surface area contributed by atoms with Crippen molar-refractivity contribution >= 4 is 25.8 Å². The minimum Gasteiger partial charge on any atom is -0.465 e. The van der Waals surface area contributed by atoms with E-state index < -0.39 is 43.5 Å². The topological polar surface area (TPSA) is 86.7 Å². The largest absolute Gasteiger partial charge is 0.465 e. The highest BCUT2D eigenvalue weighted by Gasteiger charge is 2.45. The molecule has 4 rings (SSSR count). The van der Waals surface area contributed by atoms with E-state index >= 15 is 0 Å². The quantitative estimate of drug-likeness (QED) is 0.236. The highest BCUT2D eigenvalue weighted by Crippen LogP contribution is 2.40. The van der Waals surface area contributed by atoms with Gasteiger partial charge in [-0.05, 0) is 54.0 Å². The van der Waals surface area contributed by atoms with E-state index in [4.69, 9.17) is 4.43 Å². The molecule has 7 nitrogen and oxygen atoms in total. The third-order valence-corrected chi connectivity index (χ3v) is 12.8. The highest BCUT2D eigenvalue weighted by atomic mass is 28.4. The first-order valence-electron chi connectivity index (χ1n) is 14.0. The lowest BCUT2D eigenvalue weighted by molar-refractivity contribution is 0.0722. The van der Waals surface area contributed by atoms with Gasteiger partial charge in [-0.2, -0.15) is 0 Å². The number of hydrogen-bond donors (Lipinski definition) is 3. The van der Waals surface area contributed by atoms with Crippen molar-refractivity contribution in [1.29, 1.82) is 0 Å². The van der Waals surface area contributed by atoms with E-state index in [1.165, 1.54) is 18.2 Å². The average molecular weight is 601 g/mol. The second kappa shape index (κ2) is 12.3. The van der Waals surface area contributed by atoms with Gasteiger partial charge in [0.2, 0.25) is 0 Å². The summed E-state index contributed by atoms with van der Waals surface area (Å²) in [5.41, 5.74) is 1.56. The Morgan fingerprint density at radius 1 is 1.10 bits per heavy atom. The molecule has 11 heteroatoms. The Balaban J connectivity index is 1.56. The van der Waals surface area contributed by atoms with Crippen LogP contribution in [-0.4, -0.2) is 49.7 Å². The van der Waals surface area contributed by atoms with E-state index in [1.807, 2.05) is 6.07 Å². The van der Waals surface area contributed by atoms with E-state index in [1.54, 1.807) is 18.5 Å². The number of benzene rings is 2. The fourth-order valence-corrected chi connectivity index (χ4v) is 6.52. The first-order valence-corrected chi connectivity index (χ1v) is 16.9. The van der Waals surface area contributed by atoms with Gasteiger partial charge in [0.1, 0.15) is 17.5 Å². The van der Waals surface area contributed by atoms with Crippen molar-refractivity contribution < 1.29 is 27.5 Å². The minimum absolute atomic E-state index is 0.0149. The number of aromatic nitrogens is 1. The summed E-state index contributed by atoms with van der Waals surface area (Å²) in [6.45, 7) is 14.1. The summed E-state index contributed by atoms with van der Waals surface area (Å²) in [6.07, 6.45) is 1.94. The second-order valence-electron chi connectivity index (χ2n) is 12.4. The number of rotatable bonds is 8. The van der Waals surface area contributed by atoms with E-state index in [2.05, 4.69) is 61.3 Å². The fourth-order valence-electron chi connectivity index (χ4n) is 5.09. The first-order chi connectivity index (χ1) is 19.7. The van der Waals surface area contributed by atoms with Crippen molar-refractivity contribution in [2.24, 2.45) is 5.92 Å². The van der Waals surface area contributed by atoms with Crippen LogP contribution < -0.4 is 15.5 Å². The van der Waals surface area contributed by atoms with Crippen LogP contribution in [0.25, 0.3) is 11.1 Å². The summed E-state index contributed by atoms with van der Waals surface area (Å²) in [7, 11) is -2.18. The van der Waals surface area contributed by atoms with Gasteiger partial charge in [-0.1, -0.05) is 39.8 Å². The van der Waals surface area contributed by atoms with Gasteiger partial charge in [-0.25, -0.2) is 18.0 Å². The number of carbonyl (C=O) groups is 1. The second-order valence-corrected chi connectivity index (χ2v) is 17.2. The van der Waals surface area contributed by atoms with Crippen molar-refractivity contribution in [3.8, 4) is 11.1 Å². The molecule has 0 unspecified atom stereocenters. The number of nitrogens with one attached hydrogen (secondary N) is 2. The lowest BCUT2D eigenvalue weighted by Crippen LogP contribution is -2.62. The van der Waals surface area contributed by atoms with Gasteiger partial charge in [0.15, 0.2) is 8.32 Å². The molecule has 1 fully saturated rings. The molecule has 0 bridgehead atoms. The van der Waals surface area contributed by atoms with Gasteiger partial charge >= 0.3 is 6.09 Å². The van der Waals surface area contributed by atoms with Crippen LogP contribution in [0.4, 0.5) is 29.3 Å². The monoisotopic (exact) mass is 600 g/mol. The summed E-state index contributed by atoms with van der Waals surface area (Å²) in [5, 5.41) is 15.6. The van der Waals surface area contributed by atoms with Gasteiger partial charge in [0.05, 0.1) is 35.3 Å². The maximum absolute atomic E-state index is 14.6. The Bertz CT molecular complexity index is 1410. The van der Waals surface area contributed by atoms with Crippen molar-refractivity contribution in [1.82, 2.24) is 10.3 Å². The summed E-state index contributed by atoms with van der Waals surface area (Å²) in [4.78, 5) is 18.1. The van der Waals surface area contributed by atoms with Crippen molar-refractivity contribution in [2.45, 2.75) is 64.5 Å². The fraction of sp³-hybridized carbons (Fsp3) is 0.419. The molecule has 2 aromatic carbocycles. The van der Waals surface area contributed by atoms with Crippen LogP contribution in [-0.2, 0) is 11.0 Å². The van der Waals surface area contributed by atoms with E-state index in [0.717, 1.165) is 17.8 Å². The number of hydrogen-bond acceptors (Lipinski definition) is 5. The Kier molecular flexibility index (Phi) is 9.22. The maximum Gasteiger partial charge on any atom is 0.405 e. The third-order valence-electron chi connectivity index (χ3n) is 8.31. The Labute approximate surface area is 246 Å². The molecule has 3 atom stereocenters. The lowest BCUT2D eigenvalue weighted by atomic mass is 9.92. The number of carboxylic acid groups (broad SMARTS) is 1. The third kappa shape index (κ3) is 6.90. The molecule has 0 saturated carbocycles. The first kappa shape index (κ1) is 31.4. The molecule has 2 heterocycles. The van der Waals surface area contributed by atoms with Crippen LogP contribution in [0.5, 0.6) is 0 Å². The average Bonchev–Trinajstić information content (AvgIpc) is 2.90. The van der Waals surface area contributed by atoms with Crippen LogP contribution >= 0.6 is 0 Å². The smallest absolute Gasteiger partial charge is 0.405 e. The van der Waals surface area contributed by atoms with Crippen LogP contribution in [0, 0.1) is 23.4 Å². The summed E-state index contributed by atoms with van der Waals surface area (Å²) >= 11 is 0. The molecular formula is C31H39F3N4O3Si. The number of halogens is 3. The molecule has 3 N–H and O–H groups in total. The molecule has 1 amide bonds. The maximum atomic E-state index is 14.6. The predicted octanol–water partition coefficient (Wildman–Crippen LogP) is 7.26. The predicted molar refractivity (Wildman–Crippen MR) is 162 cm³/mol. The van der Waals surface area contributed by atoms with E-state index in [9.17, 15) is 23.1 Å². The number of nitrogens with zero attached hydrogens (tertiary/aromatic N) is 2. The van der Waals surface area contributed by atoms with E-state index in [-0.39, 0.29) is 29.2 Å². The van der Waals surface area contributed by atoms with Crippen LogP contribution in [0.3, 0.4) is 0 Å². The van der Waals surface area contributed by atoms with Crippen LogP contribution in [0.1, 0.15) is 33.3 Å². The van der Waals surface area contributed by atoms with Crippen molar-refractivity contribution in [2.75, 3.05) is 23.3 Å². The minimum atomic E-state index is -2.18. The van der Waals surface area contributed by atoms with Gasteiger partial charge in [-0.3, -0.25) is 4.98 Å². The molecule has 0 spiro atoms. The van der Waals surface area contributed by atoms with Gasteiger partial charge in [0.25, 0.3) is 0 Å². The molecule has 1 aromatic heterocycles. The zero-order valence-corrected chi connectivity index (χ0v) is 25.8. The van der Waals surface area contributed by atoms with Gasteiger partial charge < -0.3 is 25.1 Å². The van der Waals surface area contributed by atoms with Crippen LogP contribution in [0.15, 0.2) is 54.9 Å². The molecule has 0 aliphatic carbocycles. The van der Waals surface area contributed by atoms with Crippen molar-refractivity contribution in [3.63, 3.8) is 0 Å². The van der Waals surface area contributed by atoms with E-state index in [0.29, 0.717) is 24.3 Å². The molecule has 42 heavy (non-hydrogen) atoms. The lowest BCUT2D eigenvalue weighted by Gasteiger charge is -2.48. The standard InChI is InChI=1S/C31H39F3N4O3Si/c1-19-17-38(18-26(37-30(39)40)29(19)41-42(5,6)31(2,3)4)27-12-13-35-16-25(27)36-15-20-10-11-22(32)21(14-20)28-23(33)8-7-9-24(28)34/h7-14,16,19,26,29,36-37H,15,17-18H2,1-6H3,(H,39,40)/t19-,26+,29+/m0/s1. The molecule has 226 valence electrons.